The van der Waals surface area contributed by atoms with Gasteiger partial charge >= 0.3 is 18.0 Å². The topological polar surface area (TPSA) is 148 Å². The summed E-state index contributed by atoms with van der Waals surface area (Å²) in [5.41, 5.74) is 5.86. The number of methoxy groups -OCH3 is 1. The van der Waals surface area contributed by atoms with Gasteiger partial charge in [-0.3, -0.25) is 4.79 Å². The molecule has 24 heavy (non-hydrogen) atoms. The minimum Gasteiger partial charge on any atom is -0.480 e. The van der Waals surface area contributed by atoms with E-state index in [9.17, 15) is 14.4 Å². The van der Waals surface area contributed by atoms with Gasteiger partial charge in [0.1, 0.15) is 12.6 Å². The largest absolute Gasteiger partial charge is 0.480 e. The second kappa shape index (κ2) is 11.9. The van der Waals surface area contributed by atoms with Crippen LogP contribution in [0.25, 0.3) is 0 Å². The fourth-order valence-corrected chi connectivity index (χ4v) is 1.28. The van der Waals surface area contributed by atoms with Gasteiger partial charge in [-0.1, -0.05) is 30.3 Å². The second-order valence-electron chi connectivity index (χ2n) is 4.59. The Morgan fingerprint density at radius 1 is 1.25 bits per heavy atom. The average Bonchev–Trinajstić information content (AvgIpc) is 2.58. The number of hydrogen-bond donors (Lipinski definition) is 4. The van der Waals surface area contributed by atoms with Gasteiger partial charge in [0.05, 0.1) is 13.7 Å². The number of aliphatic hydroxyl groups excluding tert-OH is 1. The minimum absolute atomic E-state index is 0.0461. The smallest absolute Gasteiger partial charge is 0.408 e. The van der Waals surface area contributed by atoms with Crippen LogP contribution in [0, 0.1) is 0 Å². The highest BCUT2D eigenvalue weighted by atomic mass is 16.5. The van der Waals surface area contributed by atoms with E-state index < -0.39 is 30.8 Å². The summed E-state index contributed by atoms with van der Waals surface area (Å²) in [6.45, 7) is 0.937. The van der Waals surface area contributed by atoms with Gasteiger partial charge in [-0.05, 0) is 12.5 Å². The zero-order valence-electron chi connectivity index (χ0n) is 13.5. The maximum Gasteiger partial charge on any atom is 0.408 e. The van der Waals surface area contributed by atoms with Crippen LogP contribution in [0.1, 0.15) is 12.5 Å². The molecule has 1 rings (SSSR count). The number of alkyl carbamates (subject to hydrolysis) is 1. The quantitative estimate of drug-likeness (QED) is 0.522. The number of aliphatic hydroxyl groups is 1. The standard InChI is InChI=1S/C11H13NO5.C4H9NO2/c13-6-9(10(14)15)12-11(16)17-7-8-4-2-1-3-5-8;1-3(5)4(6)7-2/h1-5,9,13H,6-7H2,(H,12,16)(H,14,15);3H,5H2,1-2H3. The molecule has 2 unspecified atom stereocenters. The molecule has 0 bridgehead atoms. The van der Waals surface area contributed by atoms with Gasteiger partial charge in [0, 0.05) is 0 Å². The third-order valence-corrected chi connectivity index (χ3v) is 2.56. The highest BCUT2D eigenvalue weighted by molar-refractivity contribution is 5.79. The van der Waals surface area contributed by atoms with Crippen LogP contribution in [0.3, 0.4) is 0 Å². The number of ether oxygens (including phenoxy) is 2. The van der Waals surface area contributed by atoms with Crippen LogP contribution in [0.15, 0.2) is 30.3 Å². The van der Waals surface area contributed by atoms with Crippen LogP contribution in [-0.2, 0) is 25.7 Å². The summed E-state index contributed by atoms with van der Waals surface area (Å²) in [4.78, 5) is 31.9. The highest BCUT2D eigenvalue weighted by Crippen LogP contribution is 2.00. The van der Waals surface area contributed by atoms with E-state index in [0.29, 0.717) is 0 Å². The van der Waals surface area contributed by atoms with E-state index >= 15 is 0 Å². The second-order valence-corrected chi connectivity index (χ2v) is 4.59. The Bertz CT molecular complexity index is 520. The Hall–Kier alpha value is -2.65. The maximum atomic E-state index is 11.2. The van der Waals surface area contributed by atoms with E-state index in [2.05, 4.69) is 4.74 Å². The van der Waals surface area contributed by atoms with Crippen LogP contribution in [0.4, 0.5) is 4.79 Å². The maximum absolute atomic E-state index is 11.2. The van der Waals surface area contributed by atoms with Crippen molar-refractivity contribution in [3.05, 3.63) is 35.9 Å². The molecule has 9 nitrogen and oxygen atoms in total. The van der Waals surface area contributed by atoms with E-state index in [1.807, 2.05) is 11.4 Å². The predicted octanol–water partition coefficient (Wildman–Crippen LogP) is -0.135. The summed E-state index contributed by atoms with van der Waals surface area (Å²) in [5.74, 6) is -1.69. The van der Waals surface area contributed by atoms with Crippen molar-refractivity contribution in [2.45, 2.75) is 25.6 Å². The Kier molecular flexibility index (Phi) is 10.5. The highest BCUT2D eigenvalue weighted by Gasteiger charge is 2.19. The van der Waals surface area contributed by atoms with Gasteiger partial charge in [-0.25, -0.2) is 9.59 Å². The number of rotatable bonds is 6. The third-order valence-electron chi connectivity index (χ3n) is 2.56. The fourth-order valence-electron chi connectivity index (χ4n) is 1.28. The van der Waals surface area contributed by atoms with Crippen molar-refractivity contribution in [3.8, 4) is 0 Å². The van der Waals surface area contributed by atoms with Crippen LogP contribution in [0.5, 0.6) is 0 Å². The van der Waals surface area contributed by atoms with E-state index in [1.54, 1.807) is 31.2 Å². The molecule has 0 aliphatic heterocycles. The fraction of sp³-hybridized carbons (Fsp3) is 0.400. The van der Waals surface area contributed by atoms with Gasteiger partial charge in [-0.2, -0.15) is 0 Å². The van der Waals surface area contributed by atoms with Gasteiger partial charge in [-0.15, -0.1) is 0 Å². The number of benzene rings is 1. The Morgan fingerprint density at radius 3 is 2.21 bits per heavy atom. The van der Waals surface area contributed by atoms with E-state index in [-0.39, 0.29) is 12.6 Å². The van der Waals surface area contributed by atoms with Crippen LogP contribution >= 0.6 is 0 Å². The molecule has 5 N–H and O–H groups in total. The molecule has 0 saturated heterocycles. The molecule has 0 heterocycles. The zero-order valence-corrected chi connectivity index (χ0v) is 13.5. The van der Waals surface area contributed by atoms with Crippen molar-refractivity contribution in [2.75, 3.05) is 13.7 Å². The first-order chi connectivity index (χ1) is 11.3. The molecule has 0 aromatic heterocycles. The molecule has 1 aromatic rings. The molecule has 134 valence electrons. The number of aliphatic carboxylic acids is 1. The molecule has 0 spiro atoms. The van der Waals surface area contributed by atoms with Crippen molar-refractivity contribution in [1.82, 2.24) is 5.32 Å². The molecule has 0 fully saturated rings. The lowest BCUT2D eigenvalue weighted by Gasteiger charge is -2.11. The number of carboxylic acid groups (broad SMARTS) is 1. The van der Waals surface area contributed by atoms with Crippen LogP contribution < -0.4 is 11.1 Å². The Labute approximate surface area is 139 Å². The number of hydrogen-bond acceptors (Lipinski definition) is 7. The molecule has 2 atom stereocenters. The lowest BCUT2D eigenvalue weighted by atomic mass is 10.2. The zero-order chi connectivity index (χ0) is 18.5. The van der Waals surface area contributed by atoms with Crippen molar-refractivity contribution in [1.29, 1.82) is 0 Å². The molecule has 0 saturated carbocycles. The first-order valence-electron chi connectivity index (χ1n) is 6.96. The number of amides is 1. The van der Waals surface area contributed by atoms with Crippen molar-refractivity contribution in [3.63, 3.8) is 0 Å². The summed E-state index contributed by atoms with van der Waals surface area (Å²) in [6, 6.07) is 7.12. The number of carbonyl (C=O) groups is 3. The lowest BCUT2D eigenvalue weighted by Crippen LogP contribution is -2.43. The van der Waals surface area contributed by atoms with Gasteiger partial charge in [0.2, 0.25) is 0 Å². The van der Waals surface area contributed by atoms with Crippen LogP contribution in [-0.4, -0.2) is 54.0 Å². The van der Waals surface area contributed by atoms with Crippen molar-refractivity contribution < 1.29 is 34.1 Å². The Balaban J connectivity index is 0.000000640. The van der Waals surface area contributed by atoms with E-state index in [0.717, 1.165) is 5.56 Å². The molecule has 1 aromatic carbocycles. The first kappa shape index (κ1) is 21.4. The third kappa shape index (κ3) is 9.38. The Morgan fingerprint density at radius 2 is 1.83 bits per heavy atom. The number of nitrogens with one attached hydrogen (secondary N) is 1. The summed E-state index contributed by atoms with van der Waals surface area (Å²) in [6.07, 6.45) is -0.879. The summed E-state index contributed by atoms with van der Waals surface area (Å²) < 4.78 is 9.03. The molecule has 9 heteroatoms. The van der Waals surface area contributed by atoms with Gasteiger partial charge < -0.3 is 30.7 Å². The summed E-state index contributed by atoms with van der Waals surface area (Å²) in [5, 5.41) is 19.3. The summed E-state index contributed by atoms with van der Waals surface area (Å²) in [7, 11) is 1.31. The number of nitrogens with two attached hydrogens (primary N) is 1. The number of esters is 1. The number of carboxylic acids is 1. The average molecular weight is 342 g/mol. The molecular formula is C15H22N2O7. The van der Waals surface area contributed by atoms with Gasteiger partial charge in [0.15, 0.2) is 6.04 Å². The van der Waals surface area contributed by atoms with Crippen molar-refractivity contribution >= 4 is 18.0 Å². The van der Waals surface area contributed by atoms with Gasteiger partial charge in [0.25, 0.3) is 0 Å². The normalized spacial score (nSPS) is 12.0. The SMILES string of the molecule is COC(=O)C(C)N.O=C(NC(CO)C(=O)O)OCc1ccccc1. The van der Waals surface area contributed by atoms with E-state index in [4.69, 9.17) is 20.7 Å². The lowest BCUT2D eigenvalue weighted by molar-refractivity contribution is -0.142. The molecule has 0 radical (unpaired) electrons. The minimum atomic E-state index is -1.35. The molecule has 0 aliphatic carbocycles. The summed E-state index contributed by atoms with van der Waals surface area (Å²) >= 11 is 0. The monoisotopic (exact) mass is 342 g/mol. The van der Waals surface area contributed by atoms with Crippen molar-refractivity contribution in [2.24, 2.45) is 5.73 Å². The predicted molar refractivity (Wildman–Crippen MR) is 83.9 cm³/mol. The van der Waals surface area contributed by atoms with Crippen LogP contribution in [0.2, 0.25) is 0 Å². The first-order valence-corrected chi connectivity index (χ1v) is 6.96. The molecule has 1 amide bonds. The molecule has 0 aliphatic rings. The number of carbonyl (C=O) groups excluding carboxylic acids is 2. The molecular weight excluding hydrogens is 320 g/mol. The van der Waals surface area contributed by atoms with E-state index in [1.165, 1.54) is 7.11 Å².